The Morgan fingerprint density at radius 1 is 1.16 bits per heavy atom. The van der Waals surface area contributed by atoms with Gasteiger partial charge in [0.1, 0.15) is 0 Å². The first-order valence-electron chi connectivity index (χ1n) is 10.3. The number of nitrogens with zero attached hydrogens (tertiary/aromatic N) is 1. The molecule has 1 fully saturated rings. The van der Waals surface area contributed by atoms with Crippen molar-refractivity contribution in [2.45, 2.75) is 6.92 Å². The fourth-order valence-electron chi connectivity index (χ4n) is 3.93. The number of aromatic nitrogens is 1. The zero-order valence-corrected chi connectivity index (χ0v) is 17.5. The smallest absolute Gasteiger partial charge is 0.250 e. The van der Waals surface area contributed by atoms with Gasteiger partial charge >= 0.3 is 0 Å². The number of carbonyl (C=O) groups excluding carboxylic acids is 2. The summed E-state index contributed by atoms with van der Waals surface area (Å²) in [4.78, 5) is 29.5. The lowest BCUT2D eigenvalue weighted by atomic mass is 9.94. The molecule has 7 nitrogen and oxygen atoms in total. The van der Waals surface area contributed by atoms with Crippen molar-refractivity contribution in [1.82, 2.24) is 9.88 Å². The maximum absolute atomic E-state index is 12.4. The van der Waals surface area contributed by atoms with Gasteiger partial charge in [-0.05, 0) is 41.8 Å². The van der Waals surface area contributed by atoms with Crippen LogP contribution in [-0.4, -0.2) is 54.5 Å². The van der Waals surface area contributed by atoms with Gasteiger partial charge in [-0.1, -0.05) is 24.3 Å². The van der Waals surface area contributed by atoms with Gasteiger partial charge in [-0.15, -0.1) is 0 Å². The average molecular weight is 418 g/mol. The third kappa shape index (κ3) is 4.52. The monoisotopic (exact) mass is 418 g/mol. The van der Waals surface area contributed by atoms with Crippen molar-refractivity contribution < 1.29 is 14.3 Å². The second-order valence-corrected chi connectivity index (χ2v) is 7.57. The highest BCUT2D eigenvalue weighted by Crippen LogP contribution is 2.34. The van der Waals surface area contributed by atoms with Crippen LogP contribution < -0.4 is 11.1 Å². The van der Waals surface area contributed by atoms with Gasteiger partial charge in [0.05, 0.1) is 24.3 Å². The molecule has 0 atom stereocenters. The predicted molar refractivity (Wildman–Crippen MR) is 122 cm³/mol. The number of nitrogens with two attached hydrogens (primary N) is 1. The van der Waals surface area contributed by atoms with Crippen molar-refractivity contribution in [3.63, 3.8) is 0 Å². The van der Waals surface area contributed by atoms with Crippen molar-refractivity contribution in [2.24, 2.45) is 5.73 Å². The number of amides is 2. The Balaban J connectivity index is 1.54. The molecule has 4 N–H and O–H groups in total. The van der Waals surface area contributed by atoms with E-state index >= 15 is 0 Å². The van der Waals surface area contributed by atoms with Crippen LogP contribution in [0.15, 0.2) is 54.7 Å². The molecule has 0 saturated carbocycles. The summed E-state index contributed by atoms with van der Waals surface area (Å²) in [5, 5.41) is 3.89. The van der Waals surface area contributed by atoms with E-state index in [1.54, 1.807) is 18.3 Å². The zero-order valence-electron chi connectivity index (χ0n) is 17.5. The number of rotatable bonds is 6. The van der Waals surface area contributed by atoms with E-state index in [1.807, 2.05) is 43.3 Å². The Hall–Kier alpha value is -3.42. The molecule has 1 aromatic heterocycles. The van der Waals surface area contributed by atoms with Gasteiger partial charge < -0.3 is 20.8 Å². The third-order valence-electron chi connectivity index (χ3n) is 5.61. The van der Waals surface area contributed by atoms with Crippen LogP contribution in [0.2, 0.25) is 0 Å². The first-order chi connectivity index (χ1) is 15.0. The Labute approximate surface area is 180 Å². The van der Waals surface area contributed by atoms with Crippen LogP contribution in [0, 0.1) is 6.92 Å². The Morgan fingerprint density at radius 3 is 2.74 bits per heavy atom. The van der Waals surface area contributed by atoms with E-state index in [-0.39, 0.29) is 5.91 Å². The third-order valence-corrected chi connectivity index (χ3v) is 5.61. The van der Waals surface area contributed by atoms with Crippen LogP contribution >= 0.6 is 0 Å². The SMILES string of the molecule is Cc1c(NC(=O)/C=C/CN2CCOCC2)cccc1-c1ccc(C(N)=O)c2[nH]ccc12. The summed E-state index contributed by atoms with van der Waals surface area (Å²) in [6.45, 7) is 5.95. The summed E-state index contributed by atoms with van der Waals surface area (Å²) < 4.78 is 5.34. The van der Waals surface area contributed by atoms with Crippen LogP contribution in [-0.2, 0) is 9.53 Å². The molecule has 31 heavy (non-hydrogen) atoms. The van der Waals surface area contributed by atoms with E-state index in [1.165, 1.54) is 0 Å². The minimum absolute atomic E-state index is 0.163. The highest BCUT2D eigenvalue weighted by Gasteiger charge is 2.15. The first kappa shape index (κ1) is 20.8. The minimum atomic E-state index is -0.472. The molecule has 1 aliphatic heterocycles. The number of nitrogens with one attached hydrogen (secondary N) is 2. The lowest BCUT2D eigenvalue weighted by molar-refractivity contribution is -0.111. The summed E-state index contributed by atoms with van der Waals surface area (Å²) in [5.41, 5.74) is 10.3. The summed E-state index contributed by atoms with van der Waals surface area (Å²) in [5.74, 6) is -0.634. The van der Waals surface area contributed by atoms with Gasteiger partial charge in [0.15, 0.2) is 0 Å². The first-order valence-corrected chi connectivity index (χ1v) is 10.3. The van der Waals surface area contributed by atoms with Crippen molar-refractivity contribution in [1.29, 1.82) is 0 Å². The maximum Gasteiger partial charge on any atom is 0.250 e. The number of hydrogen-bond donors (Lipinski definition) is 3. The van der Waals surface area contributed by atoms with Gasteiger partial charge in [-0.3, -0.25) is 14.5 Å². The molecule has 0 unspecified atom stereocenters. The van der Waals surface area contributed by atoms with Gasteiger partial charge in [0, 0.05) is 43.0 Å². The fraction of sp³-hybridized carbons (Fsp3) is 0.250. The zero-order chi connectivity index (χ0) is 21.8. The molecular weight excluding hydrogens is 392 g/mol. The molecule has 0 radical (unpaired) electrons. The molecule has 1 aliphatic rings. The summed E-state index contributed by atoms with van der Waals surface area (Å²) in [6, 6.07) is 11.4. The number of carbonyl (C=O) groups is 2. The number of fused-ring (bicyclic) bond motifs is 1. The lowest BCUT2D eigenvalue weighted by Gasteiger charge is -2.25. The molecule has 0 spiro atoms. The van der Waals surface area contributed by atoms with E-state index in [4.69, 9.17) is 10.5 Å². The molecule has 3 aromatic rings. The number of H-pyrrole nitrogens is 1. The number of aromatic amines is 1. The largest absolute Gasteiger partial charge is 0.379 e. The van der Waals surface area contributed by atoms with Gasteiger partial charge in [-0.25, -0.2) is 0 Å². The molecule has 2 aromatic carbocycles. The number of primary amides is 1. The van der Waals surface area contributed by atoms with E-state index in [0.717, 1.165) is 60.6 Å². The highest BCUT2D eigenvalue weighted by atomic mass is 16.5. The predicted octanol–water partition coefficient (Wildman–Crippen LogP) is 3.07. The van der Waals surface area contributed by atoms with E-state index in [0.29, 0.717) is 11.1 Å². The molecule has 2 amide bonds. The van der Waals surface area contributed by atoms with Crippen molar-refractivity contribution in [2.75, 3.05) is 38.2 Å². The van der Waals surface area contributed by atoms with Crippen LogP contribution in [0.4, 0.5) is 5.69 Å². The van der Waals surface area contributed by atoms with Crippen LogP contribution in [0.3, 0.4) is 0 Å². The quantitative estimate of drug-likeness (QED) is 0.536. The lowest BCUT2D eigenvalue weighted by Crippen LogP contribution is -2.36. The normalized spacial score (nSPS) is 14.9. The van der Waals surface area contributed by atoms with Crippen LogP contribution in [0.1, 0.15) is 15.9 Å². The molecule has 0 bridgehead atoms. The number of ether oxygens (including phenoxy) is 1. The average Bonchev–Trinajstić information content (AvgIpc) is 3.25. The number of hydrogen-bond acceptors (Lipinski definition) is 4. The summed E-state index contributed by atoms with van der Waals surface area (Å²) >= 11 is 0. The maximum atomic E-state index is 12.4. The fourth-order valence-corrected chi connectivity index (χ4v) is 3.93. The molecule has 0 aliphatic carbocycles. The van der Waals surface area contributed by atoms with Crippen molar-refractivity contribution >= 4 is 28.4 Å². The second kappa shape index (κ2) is 9.16. The Kier molecular flexibility index (Phi) is 6.16. The molecular formula is C24H26N4O3. The summed E-state index contributed by atoms with van der Waals surface area (Å²) in [7, 11) is 0. The standard InChI is InChI=1S/C24H26N4O3/c1-16-17(18-7-8-20(24(25)30)23-19(18)9-10-26-23)4-2-5-21(16)27-22(29)6-3-11-28-12-14-31-15-13-28/h2-10,26H,11-15H2,1H3,(H2,25,30)(H,27,29)/b6-3+. The minimum Gasteiger partial charge on any atom is -0.379 e. The van der Waals surface area contributed by atoms with Gasteiger partial charge in [0.25, 0.3) is 5.91 Å². The molecule has 4 rings (SSSR count). The molecule has 2 heterocycles. The van der Waals surface area contributed by atoms with E-state index < -0.39 is 5.91 Å². The molecule has 1 saturated heterocycles. The van der Waals surface area contributed by atoms with Gasteiger partial charge in [0.2, 0.25) is 5.91 Å². The summed E-state index contributed by atoms with van der Waals surface area (Å²) in [6.07, 6.45) is 5.25. The van der Waals surface area contributed by atoms with Crippen molar-refractivity contribution in [3.05, 3.63) is 65.9 Å². The van der Waals surface area contributed by atoms with E-state index in [2.05, 4.69) is 15.2 Å². The number of anilines is 1. The van der Waals surface area contributed by atoms with Gasteiger partial charge in [-0.2, -0.15) is 0 Å². The Bertz CT molecular complexity index is 1140. The van der Waals surface area contributed by atoms with Crippen LogP contribution in [0.5, 0.6) is 0 Å². The number of benzene rings is 2. The number of morpholine rings is 1. The molecule has 7 heteroatoms. The topological polar surface area (TPSA) is 100 Å². The van der Waals surface area contributed by atoms with E-state index in [9.17, 15) is 9.59 Å². The Morgan fingerprint density at radius 2 is 1.97 bits per heavy atom. The van der Waals surface area contributed by atoms with Crippen molar-refractivity contribution in [3.8, 4) is 11.1 Å². The van der Waals surface area contributed by atoms with Crippen LogP contribution in [0.25, 0.3) is 22.0 Å². The molecule has 160 valence electrons. The second-order valence-electron chi connectivity index (χ2n) is 7.57. The highest BCUT2D eigenvalue weighted by molar-refractivity contribution is 6.09.